The number of rotatable bonds is 3. The molecule has 0 amide bonds. The zero-order chi connectivity index (χ0) is 26.3. The minimum Gasteiger partial charge on any atom is -0.508 e. The molecule has 0 spiro atoms. The van der Waals surface area contributed by atoms with Crippen molar-refractivity contribution in [3.05, 3.63) is 29.8 Å². The van der Waals surface area contributed by atoms with Gasteiger partial charge in [0.25, 0.3) is 0 Å². The van der Waals surface area contributed by atoms with Crippen LogP contribution < -0.4 is 0 Å². The molecule has 2 N–H and O–H groups in total. The maximum Gasteiger partial charge on any atom is 0.306 e. The van der Waals surface area contributed by atoms with Gasteiger partial charge in [-0.15, -0.1) is 0 Å². The van der Waals surface area contributed by atoms with Crippen LogP contribution in [0.15, 0.2) is 23.6 Å². The van der Waals surface area contributed by atoms with E-state index in [1.54, 1.807) is 12.1 Å². The molecule has 3 fully saturated rings. The number of sulfone groups is 1. The van der Waals surface area contributed by atoms with E-state index < -0.39 is 21.2 Å². The molecular formula is C29H41NO5S. The number of carbonyl (C=O) groups is 1. The number of aliphatic carboxylic acids is 1. The third kappa shape index (κ3) is 3.71. The molecule has 198 valence electrons. The fourth-order valence-corrected chi connectivity index (χ4v) is 11.1. The largest absolute Gasteiger partial charge is 0.508 e. The van der Waals surface area contributed by atoms with Gasteiger partial charge in [0, 0.05) is 35.3 Å². The van der Waals surface area contributed by atoms with Gasteiger partial charge in [-0.25, -0.2) is 8.42 Å². The Labute approximate surface area is 215 Å². The van der Waals surface area contributed by atoms with Gasteiger partial charge in [0.1, 0.15) is 5.75 Å². The fraction of sp³-hybridized carbons (Fsp3) is 0.690. The van der Waals surface area contributed by atoms with Gasteiger partial charge in [0.2, 0.25) is 0 Å². The van der Waals surface area contributed by atoms with Gasteiger partial charge < -0.3 is 15.1 Å². The van der Waals surface area contributed by atoms with Crippen LogP contribution in [0.4, 0.5) is 0 Å². The molecule has 6 nitrogen and oxygen atoms in total. The average Bonchev–Trinajstić information content (AvgIpc) is 2.79. The Hall–Kier alpha value is -2.02. The zero-order valence-electron chi connectivity index (χ0n) is 22.1. The highest BCUT2D eigenvalue weighted by Crippen LogP contribution is 2.67. The van der Waals surface area contributed by atoms with Crippen molar-refractivity contribution in [1.82, 2.24) is 4.90 Å². The smallest absolute Gasteiger partial charge is 0.306 e. The number of carboxylic acid groups (broad SMARTS) is 1. The van der Waals surface area contributed by atoms with Crippen LogP contribution in [0.2, 0.25) is 0 Å². The molecular weight excluding hydrogens is 474 g/mol. The van der Waals surface area contributed by atoms with Gasteiger partial charge in [-0.1, -0.05) is 40.7 Å². The highest BCUT2D eigenvalue weighted by atomic mass is 32.2. The number of phenols is 1. The quantitative estimate of drug-likeness (QED) is 0.556. The lowest BCUT2D eigenvalue weighted by Gasteiger charge is -2.63. The summed E-state index contributed by atoms with van der Waals surface area (Å²) in [5.74, 6) is -0.509. The van der Waals surface area contributed by atoms with Crippen molar-refractivity contribution >= 4 is 21.5 Å². The summed E-state index contributed by atoms with van der Waals surface area (Å²) in [4.78, 5) is 13.6. The molecule has 2 aliphatic carbocycles. The Morgan fingerprint density at radius 2 is 1.69 bits per heavy atom. The van der Waals surface area contributed by atoms with Crippen LogP contribution in [0, 0.1) is 28.6 Å². The molecule has 4 aliphatic rings. The van der Waals surface area contributed by atoms with E-state index in [0.717, 1.165) is 25.7 Å². The van der Waals surface area contributed by atoms with Gasteiger partial charge in [-0.2, -0.15) is 0 Å². The van der Waals surface area contributed by atoms with E-state index in [2.05, 4.69) is 34.3 Å². The Morgan fingerprint density at radius 3 is 2.33 bits per heavy atom. The number of aromatic hydroxyl groups is 1. The predicted octanol–water partition coefficient (Wildman–Crippen LogP) is 5.45. The lowest BCUT2D eigenvalue weighted by Crippen LogP contribution is -2.59. The monoisotopic (exact) mass is 515 g/mol. The lowest BCUT2D eigenvalue weighted by atomic mass is 9.43. The maximum absolute atomic E-state index is 13.8. The minimum absolute atomic E-state index is 0.0316. The van der Waals surface area contributed by atoms with Crippen LogP contribution in [0.25, 0.3) is 5.70 Å². The normalized spacial score (nSPS) is 35.3. The minimum atomic E-state index is -3.60. The van der Waals surface area contributed by atoms with Crippen LogP contribution in [0.5, 0.6) is 5.75 Å². The van der Waals surface area contributed by atoms with Crippen LogP contribution >= 0.6 is 0 Å². The number of nitrogens with zero attached hydrogens (tertiary/aromatic N) is 1. The van der Waals surface area contributed by atoms with Crippen LogP contribution in [-0.2, 0) is 20.0 Å². The first kappa shape index (κ1) is 25.6. The van der Waals surface area contributed by atoms with Crippen molar-refractivity contribution in [2.45, 2.75) is 83.0 Å². The van der Waals surface area contributed by atoms with Crippen LogP contribution in [0.3, 0.4) is 0 Å². The van der Waals surface area contributed by atoms with Crippen molar-refractivity contribution in [3.8, 4) is 5.75 Å². The first-order chi connectivity index (χ1) is 16.7. The Kier molecular flexibility index (Phi) is 5.86. The molecule has 0 bridgehead atoms. The van der Waals surface area contributed by atoms with E-state index in [-0.39, 0.29) is 39.1 Å². The number of fused-ring (bicyclic) bond motifs is 5. The highest BCUT2D eigenvalue weighted by molar-refractivity contribution is 7.91. The summed E-state index contributed by atoms with van der Waals surface area (Å²) in [7, 11) is -3.60. The predicted molar refractivity (Wildman–Crippen MR) is 140 cm³/mol. The molecule has 1 aromatic rings. The molecule has 0 unspecified atom stereocenters. The summed E-state index contributed by atoms with van der Waals surface area (Å²) in [5.41, 5.74) is 1.55. The summed E-state index contributed by atoms with van der Waals surface area (Å²) < 4.78 is 27.7. The zero-order valence-corrected chi connectivity index (χ0v) is 23.0. The first-order valence-corrected chi connectivity index (χ1v) is 15.1. The van der Waals surface area contributed by atoms with Crippen molar-refractivity contribution in [1.29, 1.82) is 0 Å². The Bertz CT molecular complexity index is 1210. The molecule has 2 aliphatic heterocycles. The van der Waals surface area contributed by atoms with E-state index in [9.17, 15) is 23.4 Å². The van der Waals surface area contributed by atoms with Gasteiger partial charge in [-0.3, -0.25) is 4.79 Å². The number of benzene rings is 1. The molecule has 7 heteroatoms. The number of piperidine rings is 1. The van der Waals surface area contributed by atoms with E-state index >= 15 is 0 Å². The summed E-state index contributed by atoms with van der Waals surface area (Å²) >= 11 is 0. The molecule has 0 radical (unpaired) electrons. The third-order valence-corrected chi connectivity index (χ3v) is 12.5. The second kappa shape index (κ2) is 8.24. The van der Waals surface area contributed by atoms with E-state index in [1.807, 2.05) is 4.90 Å². The van der Waals surface area contributed by atoms with Gasteiger partial charge >= 0.3 is 5.97 Å². The highest BCUT2D eigenvalue weighted by Gasteiger charge is 2.62. The second-order valence-corrected chi connectivity index (χ2v) is 15.1. The molecule has 0 aromatic heterocycles. The molecule has 1 saturated heterocycles. The SMILES string of the molecule is C=C(c1cc(O)c2c(c1)S(=O)(=O)C[C@@H]1[C@@]3(C)CCCC(C)(C)[C@@H]3CC[C@@]21C)N1CCC(C(=O)O)CC1. The molecule has 1 aromatic carbocycles. The van der Waals surface area contributed by atoms with Gasteiger partial charge in [-0.05, 0) is 73.3 Å². The number of hydrogen-bond donors (Lipinski definition) is 2. The maximum atomic E-state index is 13.8. The van der Waals surface area contributed by atoms with Crippen molar-refractivity contribution in [2.75, 3.05) is 18.8 Å². The van der Waals surface area contributed by atoms with E-state index in [4.69, 9.17) is 0 Å². The van der Waals surface area contributed by atoms with Crippen molar-refractivity contribution in [3.63, 3.8) is 0 Å². The molecule has 2 saturated carbocycles. The summed E-state index contributed by atoms with van der Waals surface area (Å²) in [6.45, 7) is 14.5. The topological polar surface area (TPSA) is 94.9 Å². The van der Waals surface area contributed by atoms with Crippen molar-refractivity contribution in [2.24, 2.45) is 28.6 Å². The molecule has 2 heterocycles. The molecule has 36 heavy (non-hydrogen) atoms. The number of carboxylic acids is 1. The summed E-state index contributed by atoms with van der Waals surface area (Å²) in [6.07, 6.45) is 6.30. The lowest BCUT2D eigenvalue weighted by molar-refractivity contribution is -0.143. The Morgan fingerprint density at radius 1 is 1.03 bits per heavy atom. The number of likely N-dealkylation sites (tertiary alicyclic amines) is 1. The van der Waals surface area contributed by atoms with Crippen molar-refractivity contribution < 1.29 is 23.4 Å². The molecule has 4 atom stereocenters. The Balaban J connectivity index is 1.53. The number of hydrogen-bond acceptors (Lipinski definition) is 5. The summed E-state index contributed by atoms with van der Waals surface area (Å²) in [5, 5.41) is 20.7. The summed E-state index contributed by atoms with van der Waals surface area (Å²) in [6, 6.07) is 3.41. The van der Waals surface area contributed by atoms with Crippen LogP contribution in [0.1, 0.15) is 83.8 Å². The standard InChI is InChI=1S/C29H41NO5S/c1-18(30-13-8-19(9-14-30)26(32)33)20-15-21(31)25-22(16-20)36(34,35)17-24-28(4)11-6-10-27(2,3)23(28)7-12-29(24,25)5/h15-16,19,23-24,31H,1,6-14,17H2,2-5H3,(H,32,33)/t23-,24+,28-,29+/m0/s1. The number of phenolic OH excluding ortho intramolecular Hbond substituents is 1. The fourth-order valence-electron chi connectivity index (χ4n) is 8.80. The van der Waals surface area contributed by atoms with Gasteiger partial charge in [0.05, 0.1) is 16.6 Å². The van der Waals surface area contributed by atoms with Crippen LogP contribution in [-0.4, -0.2) is 48.3 Å². The van der Waals surface area contributed by atoms with E-state index in [1.165, 1.54) is 6.42 Å². The average molecular weight is 516 g/mol. The van der Waals surface area contributed by atoms with Gasteiger partial charge in [0.15, 0.2) is 9.84 Å². The second-order valence-electron chi connectivity index (χ2n) is 13.1. The third-order valence-electron chi connectivity index (χ3n) is 10.7. The molecule has 5 rings (SSSR count). The van der Waals surface area contributed by atoms with E-state index in [0.29, 0.717) is 48.7 Å². The first-order valence-electron chi connectivity index (χ1n) is 13.5.